The number of aryl methyl sites for hydroxylation is 2. The number of anilines is 2. The van der Waals surface area contributed by atoms with Crippen molar-refractivity contribution in [1.82, 2.24) is 4.31 Å². The average Bonchev–Trinajstić information content (AvgIpc) is 2.75. The van der Waals surface area contributed by atoms with Gasteiger partial charge in [0.25, 0.3) is 5.91 Å². The van der Waals surface area contributed by atoms with Crippen molar-refractivity contribution >= 4 is 33.2 Å². The van der Waals surface area contributed by atoms with Gasteiger partial charge in [-0.15, -0.1) is 0 Å². The van der Waals surface area contributed by atoms with Crippen molar-refractivity contribution in [3.05, 3.63) is 47.5 Å². The molecule has 2 aromatic rings. The number of amides is 2. The molecule has 8 nitrogen and oxygen atoms in total. The van der Waals surface area contributed by atoms with Crippen LogP contribution in [0.2, 0.25) is 0 Å². The number of ether oxygens (including phenoxy) is 1. The number of hydrogen-bond acceptors (Lipinski definition) is 5. The maximum Gasteiger partial charge on any atom is 0.265 e. The molecule has 0 saturated carbocycles. The van der Waals surface area contributed by atoms with E-state index in [1.807, 2.05) is 32.0 Å². The van der Waals surface area contributed by atoms with Crippen LogP contribution in [0, 0.1) is 13.8 Å². The summed E-state index contributed by atoms with van der Waals surface area (Å²) in [7, 11) is -3.68. The quantitative estimate of drug-likeness (QED) is 0.745. The molecular formula is C23H27N3O5S. The fourth-order valence-corrected chi connectivity index (χ4v) is 5.70. The fourth-order valence-electron chi connectivity index (χ4n) is 4.16. The van der Waals surface area contributed by atoms with Gasteiger partial charge >= 0.3 is 0 Å². The first-order valence-electron chi connectivity index (χ1n) is 10.7. The van der Waals surface area contributed by atoms with Crippen LogP contribution in [0.4, 0.5) is 11.4 Å². The number of benzene rings is 2. The molecule has 9 heteroatoms. The molecular weight excluding hydrogens is 430 g/mol. The summed E-state index contributed by atoms with van der Waals surface area (Å²) in [5, 5.41) is 2.82. The molecule has 0 atom stereocenters. The van der Waals surface area contributed by atoms with E-state index in [-0.39, 0.29) is 29.6 Å². The molecule has 0 spiro atoms. The minimum atomic E-state index is -3.68. The van der Waals surface area contributed by atoms with Gasteiger partial charge in [0.05, 0.1) is 10.6 Å². The first kappa shape index (κ1) is 22.3. The van der Waals surface area contributed by atoms with Crippen LogP contribution in [-0.2, 0) is 19.6 Å². The summed E-state index contributed by atoms with van der Waals surface area (Å²) >= 11 is 0. The molecule has 2 aliphatic rings. The van der Waals surface area contributed by atoms with E-state index in [1.165, 1.54) is 21.3 Å². The molecule has 0 radical (unpaired) electrons. The van der Waals surface area contributed by atoms with E-state index in [9.17, 15) is 18.0 Å². The molecule has 170 valence electrons. The van der Waals surface area contributed by atoms with Crippen molar-refractivity contribution in [2.24, 2.45) is 0 Å². The van der Waals surface area contributed by atoms with Crippen molar-refractivity contribution in [2.45, 2.75) is 38.0 Å². The van der Waals surface area contributed by atoms with E-state index >= 15 is 0 Å². The second-order valence-corrected chi connectivity index (χ2v) is 10.2. The molecule has 0 unspecified atom stereocenters. The van der Waals surface area contributed by atoms with Gasteiger partial charge in [-0.2, -0.15) is 4.31 Å². The molecule has 0 aliphatic carbocycles. The number of carbonyl (C=O) groups excluding carboxylic acids is 2. The van der Waals surface area contributed by atoms with E-state index in [1.54, 1.807) is 6.07 Å². The summed E-state index contributed by atoms with van der Waals surface area (Å²) < 4.78 is 33.1. The number of hydrogen-bond donors (Lipinski definition) is 1. The van der Waals surface area contributed by atoms with Crippen LogP contribution < -0.4 is 15.0 Å². The van der Waals surface area contributed by atoms with Gasteiger partial charge in [-0.1, -0.05) is 12.5 Å². The van der Waals surface area contributed by atoms with Crippen molar-refractivity contribution in [1.29, 1.82) is 0 Å². The zero-order chi connectivity index (χ0) is 22.9. The number of nitrogens with one attached hydrogen (secondary N) is 1. The van der Waals surface area contributed by atoms with Gasteiger partial charge in [0, 0.05) is 18.8 Å². The normalized spacial score (nSPS) is 16.9. The second kappa shape index (κ2) is 8.91. The third kappa shape index (κ3) is 4.63. The molecule has 32 heavy (non-hydrogen) atoms. The zero-order valence-electron chi connectivity index (χ0n) is 18.3. The van der Waals surface area contributed by atoms with Gasteiger partial charge in [0.15, 0.2) is 6.61 Å². The lowest BCUT2D eigenvalue weighted by Gasteiger charge is -2.30. The molecule has 2 heterocycles. The molecule has 2 amide bonds. The van der Waals surface area contributed by atoms with Crippen LogP contribution in [0.1, 0.15) is 30.4 Å². The van der Waals surface area contributed by atoms with Crippen LogP contribution >= 0.6 is 0 Å². The highest BCUT2D eigenvalue weighted by molar-refractivity contribution is 7.89. The highest BCUT2D eigenvalue weighted by atomic mass is 32.2. The minimum Gasteiger partial charge on any atom is -0.482 e. The topological polar surface area (TPSA) is 96.0 Å². The van der Waals surface area contributed by atoms with E-state index in [2.05, 4.69) is 5.32 Å². The van der Waals surface area contributed by atoms with Gasteiger partial charge in [-0.25, -0.2) is 8.42 Å². The Bertz CT molecular complexity index is 1140. The highest BCUT2D eigenvalue weighted by Crippen LogP contribution is 2.35. The van der Waals surface area contributed by atoms with Gasteiger partial charge in [-0.3, -0.25) is 14.5 Å². The molecule has 1 fully saturated rings. The Morgan fingerprint density at radius 3 is 2.41 bits per heavy atom. The number of carbonyl (C=O) groups is 2. The smallest absolute Gasteiger partial charge is 0.265 e. The van der Waals surface area contributed by atoms with Crippen molar-refractivity contribution in [3.8, 4) is 5.75 Å². The Hall–Kier alpha value is -2.91. The van der Waals surface area contributed by atoms with Crippen molar-refractivity contribution in [2.75, 3.05) is 36.5 Å². The SMILES string of the molecule is Cc1cc(C)cc(NC(=O)CN2C(=O)COc3ccc(S(=O)(=O)N4CCCCC4)cc32)c1. The third-order valence-corrected chi connectivity index (χ3v) is 7.53. The predicted octanol–water partition coefficient (Wildman–Crippen LogP) is 2.84. The lowest BCUT2D eigenvalue weighted by atomic mass is 10.1. The van der Waals surface area contributed by atoms with Crippen molar-refractivity contribution in [3.63, 3.8) is 0 Å². The molecule has 4 rings (SSSR count). The standard InChI is InChI=1S/C23H27N3O5S/c1-16-10-17(2)12-18(11-16)24-22(27)14-26-20-13-19(6-7-21(20)31-15-23(26)28)32(29,30)25-8-4-3-5-9-25/h6-7,10-13H,3-5,8-9,14-15H2,1-2H3,(H,24,27). The van der Waals surface area contributed by atoms with Crippen molar-refractivity contribution < 1.29 is 22.7 Å². The molecule has 1 N–H and O–H groups in total. The Morgan fingerprint density at radius 2 is 1.72 bits per heavy atom. The maximum atomic E-state index is 13.1. The average molecular weight is 458 g/mol. The molecule has 2 aromatic carbocycles. The molecule has 0 aromatic heterocycles. The first-order valence-corrected chi connectivity index (χ1v) is 12.1. The summed E-state index contributed by atoms with van der Waals surface area (Å²) in [5.41, 5.74) is 2.96. The zero-order valence-corrected chi connectivity index (χ0v) is 19.1. The second-order valence-electron chi connectivity index (χ2n) is 8.29. The van der Waals surface area contributed by atoms with E-state index < -0.39 is 15.9 Å². The van der Waals surface area contributed by atoms with Gasteiger partial charge in [0.2, 0.25) is 15.9 Å². The van der Waals surface area contributed by atoms with Gasteiger partial charge < -0.3 is 10.1 Å². The molecule has 0 bridgehead atoms. The van der Waals surface area contributed by atoms with Crippen LogP contribution in [0.5, 0.6) is 5.75 Å². The monoisotopic (exact) mass is 457 g/mol. The number of rotatable bonds is 5. The summed E-state index contributed by atoms with van der Waals surface area (Å²) in [6.07, 6.45) is 2.68. The summed E-state index contributed by atoms with van der Waals surface area (Å²) in [5.74, 6) is -0.400. The lowest BCUT2D eigenvalue weighted by molar-refractivity contribution is -0.123. The Labute approximate surface area is 188 Å². The Balaban J connectivity index is 1.59. The number of piperidine rings is 1. The summed E-state index contributed by atoms with van der Waals surface area (Å²) in [6.45, 7) is 4.40. The number of fused-ring (bicyclic) bond motifs is 1. The predicted molar refractivity (Wildman–Crippen MR) is 121 cm³/mol. The minimum absolute atomic E-state index is 0.0937. The van der Waals surface area contributed by atoms with Crippen LogP contribution in [-0.4, -0.2) is 50.8 Å². The lowest BCUT2D eigenvalue weighted by Crippen LogP contribution is -2.43. The van der Waals surface area contributed by atoms with Gasteiger partial charge in [0.1, 0.15) is 12.3 Å². The molecule has 1 saturated heterocycles. The summed E-state index contributed by atoms with van der Waals surface area (Å²) in [6, 6.07) is 10.2. The summed E-state index contributed by atoms with van der Waals surface area (Å²) in [4.78, 5) is 26.7. The largest absolute Gasteiger partial charge is 0.482 e. The van der Waals surface area contributed by atoms with Gasteiger partial charge in [-0.05, 0) is 68.1 Å². The Kier molecular flexibility index (Phi) is 6.21. The number of sulfonamides is 1. The van der Waals surface area contributed by atoms with E-state index in [0.717, 1.165) is 30.4 Å². The van der Waals surface area contributed by atoms with Crippen LogP contribution in [0.3, 0.4) is 0 Å². The highest BCUT2D eigenvalue weighted by Gasteiger charge is 2.31. The number of nitrogens with zero attached hydrogens (tertiary/aromatic N) is 2. The third-order valence-electron chi connectivity index (χ3n) is 5.63. The van der Waals surface area contributed by atoms with E-state index in [4.69, 9.17) is 4.74 Å². The van der Waals surface area contributed by atoms with E-state index in [0.29, 0.717) is 24.5 Å². The Morgan fingerprint density at radius 1 is 1.03 bits per heavy atom. The fraction of sp³-hybridized carbons (Fsp3) is 0.391. The first-order chi connectivity index (χ1) is 15.2. The molecule has 2 aliphatic heterocycles. The van der Waals surface area contributed by atoms with Crippen LogP contribution in [0.15, 0.2) is 41.3 Å². The maximum absolute atomic E-state index is 13.1. The van der Waals surface area contributed by atoms with Crippen LogP contribution in [0.25, 0.3) is 0 Å².